The van der Waals surface area contributed by atoms with Crippen molar-refractivity contribution in [1.82, 2.24) is 9.97 Å². The van der Waals surface area contributed by atoms with Crippen LogP contribution in [0.4, 0.5) is 16.2 Å². The molecule has 0 radical (unpaired) electrons. The van der Waals surface area contributed by atoms with Crippen LogP contribution in [0.2, 0.25) is 0 Å². The monoisotopic (exact) mass is 251 g/mol. The maximum Gasteiger partial charge on any atom is 0.224 e. The molecular formula is C11H14FN5O. The number of hydrogen-bond donors (Lipinski definition) is 1. The van der Waals surface area contributed by atoms with Crippen molar-refractivity contribution < 1.29 is 9.13 Å². The van der Waals surface area contributed by atoms with Gasteiger partial charge in [0.2, 0.25) is 5.95 Å². The first-order valence-corrected chi connectivity index (χ1v) is 5.77. The van der Waals surface area contributed by atoms with Gasteiger partial charge in [-0.15, -0.1) is 0 Å². The molecule has 0 aliphatic carbocycles. The summed E-state index contributed by atoms with van der Waals surface area (Å²) in [5.41, 5.74) is 0. The van der Waals surface area contributed by atoms with Crippen molar-refractivity contribution in [3.8, 4) is 6.07 Å². The van der Waals surface area contributed by atoms with Gasteiger partial charge in [0, 0.05) is 13.1 Å². The number of aromatic nitrogens is 2. The largest absolute Gasteiger partial charge is 0.360 e. The van der Waals surface area contributed by atoms with Gasteiger partial charge in [-0.1, -0.05) is 0 Å². The maximum absolute atomic E-state index is 13.7. The Morgan fingerprint density at radius 3 is 3.28 bits per heavy atom. The first kappa shape index (κ1) is 12.5. The molecule has 1 aliphatic rings. The SMILES string of the molecule is CCNc1ncc(F)c(N2CCOC(C#N)C2)n1. The Hall–Kier alpha value is -1.94. The Labute approximate surface area is 104 Å². The van der Waals surface area contributed by atoms with Gasteiger partial charge < -0.3 is 15.0 Å². The molecule has 1 aromatic heterocycles. The minimum absolute atomic E-state index is 0.213. The lowest BCUT2D eigenvalue weighted by molar-refractivity contribution is 0.0758. The molecule has 1 aromatic rings. The zero-order valence-corrected chi connectivity index (χ0v) is 10.1. The van der Waals surface area contributed by atoms with E-state index < -0.39 is 11.9 Å². The van der Waals surface area contributed by atoms with Gasteiger partial charge >= 0.3 is 0 Å². The second kappa shape index (κ2) is 5.60. The van der Waals surface area contributed by atoms with Crippen molar-refractivity contribution in [2.45, 2.75) is 13.0 Å². The summed E-state index contributed by atoms with van der Waals surface area (Å²) in [6.07, 6.45) is 0.590. The number of rotatable bonds is 3. The second-order valence-electron chi connectivity index (χ2n) is 3.83. The molecule has 0 amide bonds. The van der Waals surface area contributed by atoms with Gasteiger partial charge in [-0.25, -0.2) is 9.37 Å². The van der Waals surface area contributed by atoms with Crippen LogP contribution in [0.5, 0.6) is 0 Å². The summed E-state index contributed by atoms with van der Waals surface area (Å²) >= 11 is 0. The minimum Gasteiger partial charge on any atom is -0.360 e. The van der Waals surface area contributed by atoms with Crippen LogP contribution < -0.4 is 10.2 Å². The van der Waals surface area contributed by atoms with E-state index in [1.807, 2.05) is 13.0 Å². The van der Waals surface area contributed by atoms with Crippen LogP contribution in [-0.2, 0) is 4.74 Å². The van der Waals surface area contributed by atoms with Gasteiger partial charge in [0.1, 0.15) is 0 Å². The van der Waals surface area contributed by atoms with E-state index in [4.69, 9.17) is 10.00 Å². The average molecular weight is 251 g/mol. The maximum atomic E-state index is 13.7. The van der Waals surface area contributed by atoms with E-state index in [1.165, 1.54) is 0 Å². The van der Waals surface area contributed by atoms with Crippen LogP contribution >= 0.6 is 0 Å². The van der Waals surface area contributed by atoms with Crippen molar-refractivity contribution in [2.24, 2.45) is 0 Å². The number of nitrogens with zero attached hydrogens (tertiary/aromatic N) is 4. The topological polar surface area (TPSA) is 74.1 Å². The molecule has 1 atom stereocenters. The van der Waals surface area contributed by atoms with Gasteiger partial charge in [-0.2, -0.15) is 10.2 Å². The molecule has 7 heteroatoms. The number of nitrogens with one attached hydrogen (secondary N) is 1. The smallest absolute Gasteiger partial charge is 0.224 e. The number of nitriles is 1. The van der Waals surface area contributed by atoms with Gasteiger partial charge in [-0.05, 0) is 6.92 Å². The summed E-state index contributed by atoms with van der Waals surface area (Å²) in [5.74, 6) is 0.105. The third kappa shape index (κ3) is 2.65. The molecule has 0 aromatic carbocycles. The molecule has 1 saturated heterocycles. The number of ether oxygens (including phenoxy) is 1. The van der Waals surface area contributed by atoms with Gasteiger partial charge in [-0.3, -0.25) is 0 Å². The van der Waals surface area contributed by atoms with Crippen molar-refractivity contribution in [3.63, 3.8) is 0 Å². The number of morpholine rings is 1. The molecule has 1 aliphatic heterocycles. The molecule has 0 bridgehead atoms. The van der Waals surface area contributed by atoms with Crippen LogP contribution in [-0.4, -0.2) is 42.3 Å². The molecule has 2 rings (SSSR count). The molecule has 2 heterocycles. The molecule has 1 unspecified atom stereocenters. The number of halogens is 1. The fourth-order valence-electron chi connectivity index (χ4n) is 1.74. The van der Waals surface area contributed by atoms with Crippen LogP contribution in [0.25, 0.3) is 0 Å². The molecule has 1 N–H and O–H groups in total. The summed E-state index contributed by atoms with van der Waals surface area (Å²) in [6, 6.07) is 2.02. The highest BCUT2D eigenvalue weighted by molar-refractivity contribution is 5.44. The summed E-state index contributed by atoms with van der Waals surface area (Å²) in [5, 5.41) is 11.8. The standard InChI is InChI=1S/C11H14FN5O/c1-2-14-11-15-6-9(12)10(16-11)17-3-4-18-8(5-13)7-17/h6,8H,2-4,7H2,1H3,(H,14,15,16). The zero-order valence-electron chi connectivity index (χ0n) is 10.1. The Morgan fingerprint density at radius 1 is 1.72 bits per heavy atom. The van der Waals surface area contributed by atoms with E-state index in [-0.39, 0.29) is 5.82 Å². The van der Waals surface area contributed by atoms with E-state index >= 15 is 0 Å². The Balaban J connectivity index is 2.21. The van der Waals surface area contributed by atoms with Crippen molar-refractivity contribution in [1.29, 1.82) is 5.26 Å². The first-order chi connectivity index (χ1) is 8.74. The fraction of sp³-hybridized carbons (Fsp3) is 0.545. The molecule has 1 fully saturated rings. The molecule has 6 nitrogen and oxygen atoms in total. The van der Waals surface area contributed by atoms with Crippen molar-refractivity contribution in [2.75, 3.05) is 36.5 Å². The second-order valence-corrected chi connectivity index (χ2v) is 3.83. The minimum atomic E-state index is -0.546. The third-order valence-corrected chi connectivity index (χ3v) is 2.57. The fourth-order valence-corrected chi connectivity index (χ4v) is 1.74. The predicted octanol–water partition coefficient (Wildman–Crippen LogP) is 0.776. The van der Waals surface area contributed by atoms with Gasteiger partial charge in [0.25, 0.3) is 0 Å². The molecule has 0 spiro atoms. The third-order valence-electron chi connectivity index (χ3n) is 2.57. The van der Waals surface area contributed by atoms with Crippen LogP contribution in [0.15, 0.2) is 6.20 Å². The highest BCUT2D eigenvalue weighted by Crippen LogP contribution is 2.19. The van der Waals surface area contributed by atoms with Crippen LogP contribution in [0, 0.1) is 17.1 Å². The zero-order chi connectivity index (χ0) is 13.0. The van der Waals surface area contributed by atoms with Crippen molar-refractivity contribution in [3.05, 3.63) is 12.0 Å². The lowest BCUT2D eigenvalue weighted by Crippen LogP contribution is -2.42. The Morgan fingerprint density at radius 2 is 2.56 bits per heavy atom. The molecule has 18 heavy (non-hydrogen) atoms. The first-order valence-electron chi connectivity index (χ1n) is 5.77. The van der Waals surface area contributed by atoms with E-state index in [0.717, 1.165) is 6.20 Å². The molecular weight excluding hydrogens is 237 g/mol. The Bertz CT molecular complexity index is 461. The quantitative estimate of drug-likeness (QED) is 0.855. The highest BCUT2D eigenvalue weighted by atomic mass is 19.1. The summed E-state index contributed by atoms with van der Waals surface area (Å²) in [7, 11) is 0. The Kier molecular flexibility index (Phi) is 3.89. The number of hydrogen-bond acceptors (Lipinski definition) is 6. The summed E-state index contributed by atoms with van der Waals surface area (Å²) in [6.45, 7) is 3.79. The lowest BCUT2D eigenvalue weighted by Gasteiger charge is -2.30. The number of anilines is 2. The van der Waals surface area contributed by atoms with Crippen LogP contribution in [0.3, 0.4) is 0 Å². The average Bonchev–Trinajstić information content (AvgIpc) is 2.41. The lowest BCUT2D eigenvalue weighted by atomic mass is 10.3. The predicted molar refractivity (Wildman–Crippen MR) is 63.7 cm³/mol. The summed E-state index contributed by atoms with van der Waals surface area (Å²) in [4.78, 5) is 9.66. The molecule has 0 saturated carbocycles. The van der Waals surface area contributed by atoms with E-state index in [2.05, 4.69) is 15.3 Å². The van der Waals surface area contributed by atoms with E-state index in [1.54, 1.807) is 4.90 Å². The van der Waals surface area contributed by atoms with Gasteiger partial charge in [0.15, 0.2) is 17.7 Å². The van der Waals surface area contributed by atoms with E-state index in [0.29, 0.717) is 32.2 Å². The van der Waals surface area contributed by atoms with Crippen LogP contribution in [0.1, 0.15) is 6.92 Å². The summed E-state index contributed by atoms with van der Waals surface area (Å²) < 4.78 is 18.9. The normalized spacial score (nSPS) is 19.4. The van der Waals surface area contributed by atoms with Gasteiger partial charge in [0.05, 0.1) is 25.4 Å². The van der Waals surface area contributed by atoms with Crippen molar-refractivity contribution >= 4 is 11.8 Å². The highest BCUT2D eigenvalue weighted by Gasteiger charge is 2.23. The molecule has 96 valence electrons. The van der Waals surface area contributed by atoms with E-state index in [9.17, 15) is 4.39 Å².